The maximum atomic E-state index is 6.22. The highest BCUT2D eigenvalue weighted by Gasteiger charge is 2.14. The molecule has 0 aliphatic carbocycles. The summed E-state index contributed by atoms with van der Waals surface area (Å²) in [6.07, 6.45) is 0. The van der Waals surface area contributed by atoms with Gasteiger partial charge in [0.2, 0.25) is 0 Å². The molecule has 0 amide bonds. The van der Waals surface area contributed by atoms with Crippen LogP contribution in [0.5, 0.6) is 0 Å². The predicted octanol–water partition coefficient (Wildman–Crippen LogP) is 6.19. The van der Waals surface area contributed by atoms with E-state index in [2.05, 4.69) is 31.9 Å². The predicted molar refractivity (Wildman–Crippen MR) is 77.3 cm³/mol. The quantitative estimate of drug-likeness (QED) is 0.518. The van der Waals surface area contributed by atoms with Gasteiger partial charge < -0.3 is 0 Å². The molecule has 0 unspecified atom stereocenters. The Morgan fingerprint density at radius 3 is 2.19 bits per heavy atom. The van der Waals surface area contributed by atoms with Crippen LogP contribution in [0.2, 0.25) is 10.0 Å². The molecule has 0 fully saturated rings. The molecule has 2 aromatic rings. The fraction of sp³-hybridized carbons (Fsp3) is 0. The van der Waals surface area contributed by atoms with Crippen LogP contribution >= 0.6 is 55.1 Å². The van der Waals surface area contributed by atoms with Crippen LogP contribution < -0.4 is 0 Å². The number of halogens is 4. The Hall–Kier alpha value is -0.0200. The van der Waals surface area contributed by atoms with Gasteiger partial charge in [-0.05, 0) is 43.5 Å². The summed E-state index contributed by atoms with van der Waals surface area (Å²) in [5.41, 5.74) is 1.93. The van der Waals surface area contributed by atoms with Crippen LogP contribution in [-0.4, -0.2) is 0 Å². The van der Waals surface area contributed by atoms with Crippen LogP contribution in [0, 0.1) is 0 Å². The lowest BCUT2D eigenvalue weighted by molar-refractivity contribution is 1.55. The Balaban J connectivity index is 2.74. The van der Waals surface area contributed by atoms with Crippen LogP contribution in [0.15, 0.2) is 45.3 Å². The molecule has 2 aromatic carbocycles. The normalized spacial score (nSPS) is 10.5. The van der Waals surface area contributed by atoms with Crippen LogP contribution in [0.4, 0.5) is 0 Å². The van der Waals surface area contributed by atoms with E-state index in [9.17, 15) is 0 Å². The van der Waals surface area contributed by atoms with Crippen LogP contribution in [0.25, 0.3) is 11.1 Å². The van der Waals surface area contributed by atoms with Gasteiger partial charge in [-0.15, -0.1) is 0 Å². The molecule has 0 bridgehead atoms. The first-order chi connectivity index (χ1) is 7.61. The van der Waals surface area contributed by atoms with E-state index < -0.39 is 0 Å². The summed E-state index contributed by atoms with van der Waals surface area (Å²) in [4.78, 5) is 0. The summed E-state index contributed by atoms with van der Waals surface area (Å²) in [7, 11) is 0. The van der Waals surface area contributed by atoms with E-state index in [0.717, 1.165) is 20.1 Å². The van der Waals surface area contributed by atoms with Gasteiger partial charge in [0.25, 0.3) is 0 Å². The van der Waals surface area contributed by atoms with E-state index in [4.69, 9.17) is 23.2 Å². The van der Waals surface area contributed by atoms with Gasteiger partial charge in [0.05, 0.1) is 10.0 Å². The van der Waals surface area contributed by atoms with Gasteiger partial charge in [0, 0.05) is 14.5 Å². The van der Waals surface area contributed by atoms with Gasteiger partial charge in [0.15, 0.2) is 0 Å². The van der Waals surface area contributed by atoms with E-state index >= 15 is 0 Å². The third kappa shape index (κ3) is 2.30. The molecule has 82 valence electrons. The van der Waals surface area contributed by atoms with Crippen molar-refractivity contribution in [1.29, 1.82) is 0 Å². The number of rotatable bonds is 1. The van der Waals surface area contributed by atoms with E-state index in [-0.39, 0.29) is 0 Å². The topological polar surface area (TPSA) is 0 Å². The Bertz CT molecular complexity index is 498. The van der Waals surface area contributed by atoms with Crippen LogP contribution in [-0.2, 0) is 0 Å². The van der Waals surface area contributed by atoms with E-state index in [1.807, 2.05) is 30.3 Å². The number of hydrogen-bond acceptors (Lipinski definition) is 0. The second kappa shape index (κ2) is 5.09. The van der Waals surface area contributed by atoms with Crippen molar-refractivity contribution in [3.63, 3.8) is 0 Å². The fourth-order valence-corrected chi connectivity index (χ4v) is 3.11. The zero-order valence-electron chi connectivity index (χ0n) is 7.98. The van der Waals surface area contributed by atoms with E-state index in [0.29, 0.717) is 10.0 Å². The molecule has 0 spiro atoms. The highest BCUT2D eigenvalue weighted by Crippen LogP contribution is 2.43. The highest BCUT2D eigenvalue weighted by molar-refractivity contribution is 9.13. The maximum absolute atomic E-state index is 6.22. The Labute approximate surface area is 121 Å². The van der Waals surface area contributed by atoms with Gasteiger partial charge in [0.1, 0.15) is 0 Å². The lowest BCUT2D eigenvalue weighted by atomic mass is 10.1. The molecular weight excluding hydrogens is 375 g/mol. The minimum atomic E-state index is 0.538. The fourth-order valence-electron chi connectivity index (χ4n) is 1.43. The monoisotopic (exact) mass is 378 g/mol. The maximum Gasteiger partial charge on any atom is 0.0682 e. The number of benzene rings is 2. The minimum absolute atomic E-state index is 0.538. The van der Waals surface area contributed by atoms with Gasteiger partial charge in [-0.1, -0.05) is 53.5 Å². The zero-order valence-corrected chi connectivity index (χ0v) is 12.7. The zero-order chi connectivity index (χ0) is 11.7. The summed E-state index contributed by atoms with van der Waals surface area (Å²) in [6.45, 7) is 0. The second-order valence-corrected chi connectivity index (χ2v) is 5.64. The second-order valence-electron chi connectivity index (χ2n) is 3.21. The lowest BCUT2D eigenvalue weighted by Gasteiger charge is -2.10. The summed E-state index contributed by atoms with van der Waals surface area (Å²) in [6, 6.07) is 11.7. The first-order valence-electron chi connectivity index (χ1n) is 4.49. The van der Waals surface area contributed by atoms with Crippen molar-refractivity contribution in [1.82, 2.24) is 0 Å². The molecular formula is C12H6Br2Cl2. The molecule has 0 aliphatic heterocycles. The third-order valence-electron chi connectivity index (χ3n) is 2.17. The van der Waals surface area contributed by atoms with Crippen molar-refractivity contribution in [3.05, 3.63) is 55.4 Å². The van der Waals surface area contributed by atoms with Crippen LogP contribution in [0.1, 0.15) is 0 Å². The molecule has 2 rings (SSSR count). The lowest BCUT2D eigenvalue weighted by Crippen LogP contribution is -1.84. The minimum Gasteiger partial charge on any atom is -0.0826 e. The molecule has 0 aromatic heterocycles. The van der Waals surface area contributed by atoms with E-state index in [1.165, 1.54) is 0 Å². The van der Waals surface area contributed by atoms with Crippen molar-refractivity contribution in [3.8, 4) is 11.1 Å². The van der Waals surface area contributed by atoms with Crippen molar-refractivity contribution < 1.29 is 0 Å². The van der Waals surface area contributed by atoms with Gasteiger partial charge in [-0.2, -0.15) is 0 Å². The van der Waals surface area contributed by atoms with E-state index in [1.54, 1.807) is 6.07 Å². The molecule has 0 saturated carbocycles. The smallest absolute Gasteiger partial charge is 0.0682 e. The van der Waals surface area contributed by atoms with Crippen molar-refractivity contribution in [2.24, 2.45) is 0 Å². The van der Waals surface area contributed by atoms with Gasteiger partial charge in [-0.25, -0.2) is 0 Å². The molecule has 0 radical (unpaired) electrons. The molecule has 0 saturated heterocycles. The molecule has 4 heteroatoms. The molecule has 16 heavy (non-hydrogen) atoms. The molecule has 0 aliphatic rings. The molecule has 0 nitrogen and oxygen atoms in total. The SMILES string of the molecule is Clc1cc(Br)c(Br)c(-c2ccccc2)c1Cl. The largest absolute Gasteiger partial charge is 0.0826 e. The summed E-state index contributed by atoms with van der Waals surface area (Å²) in [5.74, 6) is 0. The number of hydrogen-bond donors (Lipinski definition) is 0. The standard InChI is InChI=1S/C12H6Br2Cl2/c13-8-6-9(15)12(16)10(11(8)14)7-4-2-1-3-5-7/h1-6H. The first kappa shape index (κ1) is 12.4. The average Bonchev–Trinajstić information content (AvgIpc) is 2.28. The van der Waals surface area contributed by atoms with Crippen LogP contribution in [0.3, 0.4) is 0 Å². The summed E-state index contributed by atoms with van der Waals surface area (Å²) in [5, 5.41) is 1.10. The molecule has 0 heterocycles. The Morgan fingerprint density at radius 2 is 1.56 bits per heavy atom. The van der Waals surface area contributed by atoms with Crippen molar-refractivity contribution >= 4 is 55.1 Å². The first-order valence-corrected chi connectivity index (χ1v) is 6.84. The summed E-state index contributed by atoms with van der Waals surface area (Å²) >= 11 is 19.2. The van der Waals surface area contributed by atoms with Gasteiger partial charge in [-0.3, -0.25) is 0 Å². The third-order valence-corrected chi connectivity index (χ3v) is 4.94. The Kier molecular flexibility index (Phi) is 3.96. The molecule has 0 atom stereocenters. The Morgan fingerprint density at radius 1 is 0.938 bits per heavy atom. The van der Waals surface area contributed by atoms with Gasteiger partial charge >= 0.3 is 0 Å². The van der Waals surface area contributed by atoms with Crippen molar-refractivity contribution in [2.75, 3.05) is 0 Å². The highest BCUT2D eigenvalue weighted by atomic mass is 79.9. The average molecular weight is 381 g/mol. The molecule has 0 N–H and O–H groups in total. The van der Waals surface area contributed by atoms with Crippen molar-refractivity contribution in [2.45, 2.75) is 0 Å². The summed E-state index contributed by atoms with van der Waals surface area (Å²) < 4.78 is 1.80.